The predicted octanol–water partition coefficient (Wildman–Crippen LogP) is 1.89. The highest BCUT2D eigenvalue weighted by atomic mass is 16.4. The van der Waals surface area contributed by atoms with E-state index in [1.165, 1.54) is 30.3 Å². The molecule has 110 valence electrons. The van der Waals surface area contributed by atoms with Gasteiger partial charge in [-0.25, -0.2) is 9.59 Å². The van der Waals surface area contributed by atoms with E-state index in [1.807, 2.05) is 0 Å². The van der Waals surface area contributed by atoms with Crippen molar-refractivity contribution >= 4 is 11.9 Å². The maximum Gasteiger partial charge on any atom is 0.343 e. The third-order valence-corrected chi connectivity index (χ3v) is 2.37. The maximum atomic E-state index is 10.3. The molecule has 7 nitrogen and oxygen atoms in total. The molecule has 0 heterocycles. The first-order valence-corrected chi connectivity index (χ1v) is 5.60. The number of benzene rings is 2. The largest absolute Gasteiger partial charge is 0.507 e. The minimum absolute atomic E-state index is 0.0671. The first kappa shape index (κ1) is 15.8. The van der Waals surface area contributed by atoms with Crippen LogP contribution in [0.4, 0.5) is 0 Å². The molecule has 0 unspecified atom stereocenters. The number of aromatic hydroxyl groups is 3. The molecule has 0 spiro atoms. The van der Waals surface area contributed by atoms with Crippen LogP contribution in [0.25, 0.3) is 0 Å². The number of hydrogen-bond acceptors (Lipinski definition) is 5. The Kier molecular flexibility index (Phi) is 5.13. The second-order valence-corrected chi connectivity index (χ2v) is 3.80. The van der Waals surface area contributed by atoms with Crippen LogP contribution in [0.5, 0.6) is 17.2 Å². The molecule has 0 aromatic heterocycles. The lowest BCUT2D eigenvalue weighted by Gasteiger charge is -1.99. The fourth-order valence-corrected chi connectivity index (χ4v) is 1.40. The number of para-hydroxylation sites is 1. The number of carbonyl (C=O) groups is 2. The van der Waals surface area contributed by atoms with E-state index in [9.17, 15) is 9.59 Å². The van der Waals surface area contributed by atoms with Gasteiger partial charge in [0.05, 0.1) is 0 Å². The van der Waals surface area contributed by atoms with Crippen LogP contribution < -0.4 is 0 Å². The maximum absolute atomic E-state index is 10.3. The SMILES string of the molecule is O=C(O)c1c(O)cccc1O.O=C(O)c1ccccc1O. The average molecular weight is 292 g/mol. The molecule has 0 amide bonds. The molecule has 0 atom stereocenters. The summed E-state index contributed by atoms with van der Waals surface area (Å²) >= 11 is 0. The molecule has 0 saturated carbocycles. The van der Waals surface area contributed by atoms with Gasteiger partial charge in [-0.05, 0) is 24.3 Å². The van der Waals surface area contributed by atoms with E-state index in [4.69, 9.17) is 25.5 Å². The highest BCUT2D eigenvalue weighted by Gasteiger charge is 2.13. The van der Waals surface area contributed by atoms with Crippen molar-refractivity contribution in [3.8, 4) is 17.2 Å². The lowest BCUT2D eigenvalue weighted by atomic mass is 10.2. The van der Waals surface area contributed by atoms with Crippen molar-refractivity contribution in [2.75, 3.05) is 0 Å². The molecule has 2 rings (SSSR count). The van der Waals surface area contributed by atoms with Crippen LogP contribution in [0.2, 0.25) is 0 Å². The summed E-state index contributed by atoms with van der Waals surface area (Å²) in [4.78, 5) is 20.6. The topological polar surface area (TPSA) is 135 Å². The average Bonchev–Trinajstić information content (AvgIpc) is 2.39. The summed E-state index contributed by atoms with van der Waals surface area (Å²) in [6.07, 6.45) is 0. The van der Waals surface area contributed by atoms with Crippen molar-refractivity contribution in [3.63, 3.8) is 0 Å². The smallest absolute Gasteiger partial charge is 0.343 e. The van der Waals surface area contributed by atoms with Gasteiger partial charge in [0, 0.05) is 0 Å². The molecule has 2 aromatic carbocycles. The number of carboxylic acid groups (broad SMARTS) is 2. The Balaban J connectivity index is 0.000000211. The molecule has 0 aliphatic carbocycles. The van der Waals surface area contributed by atoms with Crippen molar-refractivity contribution in [1.29, 1.82) is 0 Å². The zero-order chi connectivity index (χ0) is 16.0. The molecular weight excluding hydrogens is 280 g/mol. The molecule has 7 heteroatoms. The summed E-state index contributed by atoms with van der Waals surface area (Å²) in [7, 11) is 0. The molecule has 0 aliphatic heterocycles. The van der Waals surface area contributed by atoms with Crippen LogP contribution in [-0.4, -0.2) is 37.5 Å². The molecule has 2 aromatic rings. The number of carboxylic acids is 2. The van der Waals surface area contributed by atoms with Crippen LogP contribution >= 0.6 is 0 Å². The van der Waals surface area contributed by atoms with E-state index in [-0.39, 0.29) is 11.3 Å². The van der Waals surface area contributed by atoms with Gasteiger partial charge in [0.1, 0.15) is 28.4 Å². The minimum Gasteiger partial charge on any atom is -0.507 e. The van der Waals surface area contributed by atoms with Gasteiger partial charge in [-0.2, -0.15) is 0 Å². The highest BCUT2D eigenvalue weighted by Crippen LogP contribution is 2.25. The van der Waals surface area contributed by atoms with Crippen molar-refractivity contribution in [2.45, 2.75) is 0 Å². The van der Waals surface area contributed by atoms with Crippen LogP contribution in [0.15, 0.2) is 42.5 Å². The van der Waals surface area contributed by atoms with Crippen LogP contribution in [0, 0.1) is 0 Å². The van der Waals surface area contributed by atoms with E-state index in [0.717, 1.165) is 0 Å². The zero-order valence-corrected chi connectivity index (χ0v) is 10.6. The Hall–Kier alpha value is -3.22. The number of aromatic carboxylic acids is 2. The molecule has 0 fully saturated rings. The van der Waals surface area contributed by atoms with Gasteiger partial charge in [-0.15, -0.1) is 0 Å². The second kappa shape index (κ2) is 6.80. The van der Waals surface area contributed by atoms with Gasteiger partial charge in [0.15, 0.2) is 0 Å². The zero-order valence-electron chi connectivity index (χ0n) is 10.6. The van der Waals surface area contributed by atoms with E-state index >= 15 is 0 Å². The lowest BCUT2D eigenvalue weighted by Crippen LogP contribution is -1.96. The van der Waals surface area contributed by atoms with Gasteiger partial charge in [0.2, 0.25) is 0 Å². The van der Waals surface area contributed by atoms with Crippen molar-refractivity contribution in [2.24, 2.45) is 0 Å². The van der Waals surface area contributed by atoms with Crippen LogP contribution in [0.3, 0.4) is 0 Å². The molecule has 21 heavy (non-hydrogen) atoms. The molecule has 5 N–H and O–H groups in total. The number of rotatable bonds is 2. The van der Waals surface area contributed by atoms with Crippen molar-refractivity contribution in [3.05, 3.63) is 53.6 Å². The van der Waals surface area contributed by atoms with E-state index < -0.39 is 29.0 Å². The van der Waals surface area contributed by atoms with Gasteiger partial charge in [-0.3, -0.25) is 0 Å². The monoisotopic (exact) mass is 292 g/mol. The van der Waals surface area contributed by atoms with E-state index in [2.05, 4.69) is 0 Å². The molecule has 0 saturated heterocycles. The number of hydrogen-bond donors (Lipinski definition) is 5. The summed E-state index contributed by atoms with van der Waals surface area (Å²) in [5, 5.41) is 43.6. The Labute approximate surface area is 119 Å². The van der Waals surface area contributed by atoms with Gasteiger partial charge < -0.3 is 25.5 Å². The van der Waals surface area contributed by atoms with Crippen molar-refractivity contribution in [1.82, 2.24) is 0 Å². The summed E-state index contributed by atoms with van der Waals surface area (Å²) in [5.74, 6) is -3.52. The molecule has 0 aliphatic rings. The third-order valence-electron chi connectivity index (χ3n) is 2.37. The van der Waals surface area contributed by atoms with Crippen LogP contribution in [-0.2, 0) is 0 Å². The fourth-order valence-electron chi connectivity index (χ4n) is 1.40. The first-order valence-electron chi connectivity index (χ1n) is 5.60. The quantitative estimate of drug-likeness (QED) is 0.570. The van der Waals surface area contributed by atoms with E-state index in [1.54, 1.807) is 12.1 Å². The molecule has 0 radical (unpaired) electrons. The molecule has 0 bridgehead atoms. The normalized spacial score (nSPS) is 9.33. The summed E-state index contributed by atoms with van der Waals surface area (Å²) in [6.45, 7) is 0. The standard InChI is InChI=1S/C7H6O4.C7H6O3/c8-4-2-1-3-5(9)6(4)7(10)11;8-6-4-2-1-3-5(6)7(9)10/h1-3,8-9H,(H,10,11);1-4,8H,(H,9,10). The lowest BCUT2D eigenvalue weighted by molar-refractivity contribution is 0.0680. The van der Waals surface area contributed by atoms with Gasteiger partial charge >= 0.3 is 11.9 Å². The summed E-state index contributed by atoms with van der Waals surface area (Å²) < 4.78 is 0. The second-order valence-electron chi connectivity index (χ2n) is 3.80. The Morgan fingerprint density at radius 1 is 0.667 bits per heavy atom. The Morgan fingerprint density at radius 2 is 1.14 bits per heavy atom. The van der Waals surface area contributed by atoms with Crippen LogP contribution in [0.1, 0.15) is 20.7 Å². The highest BCUT2D eigenvalue weighted by molar-refractivity contribution is 5.93. The van der Waals surface area contributed by atoms with Gasteiger partial charge in [-0.1, -0.05) is 18.2 Å². The molecular formula is C14H12O7. The van der Waals surface area contributed by atoms with Crippen molar-refractivity contribution < 1.29 is 35.1 Å². The predicted molar refractivity (Wildman–Crippen MR) is 71.8 cm³/mol. The Morgan fingerprint density at radius 3 is 1.48 bits per heavy atom. The first-order chi connectivity index (χ1) is 9.84. The fraction of sp³-hybridized carbons (Fsp3) is 0. The third kappa shape index (κ3) is 4.13. The van der Waals surface area contributed by atoms with E-state index in [0.29, 0.717) is 0 Å². The summed E-state index contributed by atoms with van der Waals surface area (Å²) in [6, 6.07) is 9.56. The summed E-state index contributed by atoms with van der Waals surface area (Å²) in [5.41, 5.74) is -0.532. The Bertz CT molecular complexity index is 644. The minimum atomic E-state index is -1.35. The van der Waals surface area contributed by atoms with Gasteiger partial charge in [0.25, 0.3) is 0 Å². The number of phenols is 3.